The highest BCUT2D eigenvalue weighted by Crippen LogP contribution is 2.34. The van der Waals surface area contributed by atoms with Gasteiger partial charge in [0.15, 0.2) is 11.5 Å². The summed E-state index contributed by atoms with van der Waals surface area (Å²) < 4.78 is 11.9. The fourth-order valence-corrected chi connectivity index (χ4v) is 1.83. The third-order valence-corrected chi connectivity index (χ3v) is 2.78. The zero-order valence-corrected chi connectivity index (χ0v) is 12.4. The molecule has 3 nitrogen and oxygen atoms in total. The number of halogens is 1. The van der Waals surface area contributed by atoms with E-state index in [1.54, 1.807) is 7.11 Å². The van der Waals surface area contributed by atoms with Crippen LogP contribution in [0.15, 0.2) is 22.7 Å². The Kier molecular flexibility index (Phi) is 5.28. The highest BCUT2D eigenvalue weighted by molar-refractivity contribution is 9.10. The van der Waals surface area contributed by atoms with Crippen molar-refractivity contribution >= 4 is 15.9 Å². The zero-order valence-electron chi connectivity index (χ0n) is 10.8. The molecule has 0 fully saturated rings. The van der Waals surface area contributed by atoms with Gasteiger partial charge >= 0.3 is 0 Å². The normalized spacial score (nSPS) is 11.4. The van der Waals surface area contributed by atoms with Crippen LogP contribution >= 0.6 is 15.9 Å². The molecule has 0 aromatic heterocycles. The highest BCUT2D eigenvalue weighted by Gasteiger charge is 2.10. The molecule has 1 N–H and O–H groups in total. The molecule has 0 bridgehead atoms. The first-order chi connectivity index (χ1) is 7.94. The van der Waals surface area contributed by atoms with Crippen molar-refractivity contribution < 1.29 is 9.47 Å². The van der Waals surface area contributed by atoms with Crippen LogP contribution in [0.3, 0.4) is 0 Å². The van der Waals surface area contributed by atoms with E-state index < -0.39 is 0 Å². The Morgan fingerprint density at radius 2 is 2.00 bits per heavy atom. The predicted octanol–water partition coefficient (Wildman–Crippen LogP) is 3.22. The molecule has 0 amide bonds. The quantitative estimate of drug-likeness (QED) is 0.847. The Morgan fingerprint density at radius 1 is 1.29 bits per heavy atom. The van der Waals surface area contributed by atoms with Crippen molar-refractivity contribution in [2.24, 2.45) is 0 Å². The first-order valence-corrected chi connectivity index (χ1v) is 6.43. The van der Waals surface area contributed by atoms with Gasteiger partial charge in [0, 0.05) is 12.1 Å². The average Bonchev–Trinajstić information content (AvgIpc) is 2.24. The Morgan fingerprint density at radius 3 is 2.59 bits per heavy atom. The minimum absolute atomic E-state index is 0.112. The van der Waals surface area contributed by atoms with Gasteiger partial charge in [0.25, 0.3) is 0 Å². The Bertz CT molecular complexity index is 361. The lowest BCUT2D eigenvalue weighted by Crippen LogP contribution is -2.38. The molecule has 1 aromatic carbocycles. The van der Waals surface area contributed by atoms with E-state index in [1.807, 2.05) is 18.2 Å². The van der Waals surface area contributed by atoms with Gasteiger partial charge in [-0.2, -0.15) is 0 Å². The number of methoxy groups -OCH3 is 1. The summed E-state index contributed by atoms with van der Waals surface area (Å²) in [6, 6.07) is 5.75. The van der Waals surface area contributed by atoms with Gasteiger partial charge in [-0.1, -0.05) is 6.07 Å². The molecule has 1 rings (SSSR count). The molecular formula is C13H20BrNO2. The lowest BCUT2D eigenvalue weighted by atomic mass is 10.1. The summed E-state index contributed by atoms with van der Waals surface area (Å²) in [7, 11) is 1.64. The van der Waals surface area contributed by atoms with Gasteiger partial charge in [-0.25, -0.2) is 0 Å². The maximum absolute atomic E-state index is 5.72. The topological polar surface area (TPSA) is 30.5 Å². The third-order valence-electron chi connectivity index (χ3n) is 2.15. The molecule has 0 aliphatic rings. The number of benzene rings is 1. The molecule has 17 heavy (non-hydrogen) atoms. The summed E-state index contributed by atoms with van der Waals surface area (Å²) in [5.41, 5.74) is 0.112. The highest BCUT2D eigenvalue weighted by atomic mass is 79.9. The second kappa shape index (κ2) is 6.26. The standard InChI is InChI=1S/C13H20BrNO2/c1-13(2,3)15-8-9-17-12-10(14)6-5-7-11(12)16-4/h5-7,15H,8-9H2,1-4H3. The summed E-state index contributed by atoms with van der Waals surface area (Å²) >= 11 is 3.45. The second-order valence-electron chi connectivity index (χ2n) is 4.80. The van der Waals surface area contributed by atoms with E-state index in [4.69, 9.17) is 9.47 Å². The van der Waals surface area contributed by atoms with Gasteiger partial charge in [-0.15, -0.1) is 0 Å². The van der Waals surface area contributed by atoms with Crippen LogP contribution in [0.2, 0.25) is 0 Å². The number of rotatable bonds is 5. The molecule has 1 aromatic rings. The van der Waals surface area contributed by atoms with E-state index in [1.165, 1.54) is 0 Å². The van der Waals surface area contributed by atoms with E-state index >= 15 is 0 Å². The van der Waals surface area contributed by atoms with Crippen LogP contribution in [-0.4, -0.2) is 25.8 Å². The third kappa shape index (κ3) is 4.96. The van der Waals surface area contributed by atoms with Crippen LogP contribution in [0.5, 0.6) is 11.5 Å². The van der Waals surface area contributed by atoms with Crippen LogP contribution in [-0.2, 0) is 0 Å². The van der Waals surface area contributed by atoms with Crippen molar-refractivity contribution in [3.63, 3.8) is 0 Å². The van der Waals surface area contributed by atoms with Crippen molar-refractivity contribution in [3.05, 3.63) is 22.7 Å². The molecule has 0 heterocycles. The van der Waals surface area contributed by atoms with E-state index in [0.29, 0.717) is 6.61 Å². The average molecular weight is 302 g/mol. The van der Waals surface area contributed by atoms with Gasteiger partial charge in [-0.05, 0) is 48.8 Å². The van der Waals surface area contributed by atoms with E-state index in [-0.39, 0.29) is 5.54 Å². The summed E-state index contributed by atoms with van der Waals surface area (Å²) in [4.78, 5) is 0. The van der Waals surface area contributed by atoms with Crippen LogP contribution in [0.1, 0.15) is 20.8 Å². The Hall–Kier alpha value is -0.740. The van der Waals surface area contributed by atoms with Crippen molar-refractivity contribution in [1.29, 1.82) is 0 Å². The van der Waals surface area contributed by atoms with Crippen molar-refractivity contribution in [3.8, 4) is 11.5 Å². The molecular weight excluding hydrogens is 282 g/mol. The lowest BCUT2D eigenvalue weighted by Gasteiger charge is -2.21. The molecule has 0 saturated carbocycles. The van der Waals surface area contributed by atoms with Gasteiger partial charge < -0.3 is 14.8 Å². The number of ether oxygens (including phenoxy) is 2. The fraction of sp³-hybridized carbons (Fsp3) is 0.538. The minimum Gasteiger partial charge on any atom is -0.493 e. The van der Waals surface area contributed by atoms with Gasteiger partial charge in [0.05, 0.1) is 11.6 Å². The monoisotopic (exact) mass is 301 g/mol. The second-order valence-corrected chi connectivity index (χ2v) is 5.65. The summed E-state index contributed by atoms with van der Waals surface area (Å²) in [5, 5.41) is 3.37. The first-order valence-electron chi connectivity index (χ1n) is 5.64. The van der Waals surface area contributed by atoms with E-state index in [2.05, 4.69) is 42.0 Å². The maximum Gasteiger partial charge on any atom is 0.175 e. The van der Waals surface area contributed by atoms with Crippen LogP contribution in [0.25, 0.3) is 0 Å². The van der Waals surface area contributed by atoms with Crippen LogP contribution in [0, 0.1) is 0 Å². The molecule has 96 valence electrons. The number of para-hydroxylation sites is 1. The maximum atomic E-state index is 5.72. The molecule has 0 atom stereocenters. The first kappa shape index (κ1) is 14.3. The fourth-order valence-electron chi connectivity index (χ4n) is 1.37. The largest absolute Gasteiger partial charge is 0.493 e. The summed E-state index contributed by atoms with van der Waals surface area (Å²) in [6.45, 7) is 7.80. The minimum atomic E-state index is 0.112. The molecule has 0 spiro atoms. The van der Waals surface area contributed by atoms with Crippen molar-refractivity contribution in [1.82, 2.24) is 5.32 Å². The molecule has 4 heteroatoms. The van der Waals surface area contributed by atoms with Gasteiger partial charge in [-0.3, -0.25) is 0 Å². The molecule has 0 aliphatic heterocycles. The van der Waals surface area contributed by atoms with Crippen LogP contribution in [0.4, 0.5) is 0 Å². The zero-order chi connectivity index (χ0) is 12.9. The molecule has 0 saturated heterocycles. The van der Waals surface area contributed by atoms with Gasteiger partial charge in [0.2, 0.25) is 0 Å². The van der Waals surface area contributed by atoms with E-state index in [9.17, 15) is 0 Å². The SMILES string of the molecule is COc1cccc(Br)c1OCCNC(C)(C)C. The Labute approximate surface area is 112 Å². The van der Waals surface area contributed by atoms with Gasteiger partial charge in [0.1, 0.15) is 6.61 Å². The predicted molar refractivity (Wildman–Crippen MR) is 73.9 cm³/mol. The van der Waals surface area contributed by atoms with E-state index in [0.717, 1.165) is 22.5 Å². The molecule has 0 aliphatic carbocycles. The molecule has 0 radical (unpaired) electrons. The smallest absolute Gasteiger partial charge is 0.175 e. The number of nitrogens with one attached hydrogen (secondary N) is 1. The van der Waals surface area contributed by atoms with Crippen molar-refractivity contribution in [2.45, 2.75) is 26.3 Å². The van der Waals surface area contributed by atoms with Crippen LogP contribution < -0.4 is 14.8 Å². The van der Waals surface area contributed by atoms with Crippen molar-refractivity contribution in [2.75, 3.05) is 20.3 Å². The Balaban J connectivity index is 2.52. The number of hydrogen-bond acceptors (Lipinski definition) is 3. The number of hydrogen-bond donors (Lipinski definition) is 1. The summed E-state index contributed by atoms with van der Waals surface area (Å²) in [5.74, 6) is 1.50. The lowest BCUT2D eigenvalue weighted by molar-refractivity contribution is 0.274. The summed E-state index contributed by atoms with van der Waals surface area (Å²) in [6.07, 6.45) is 0. The molecule has 0 unspecified atom stereocenters.